The van der Waals surface area contributed by atoms with Gasteiger partial charge in [-0.15, -0.1) is 0 Å². The highest BCUT2D eigenvalue weighted by Gasteiger charge is 2.16. The summed E-state index contributed by atoms with van der Waals surface area (Å²) in [6.07, 6.45) is 0. The predicted molar refractivity (Wildman–Crippen MR) is 75.2 cm³/mol. The second-order valence-corrected chi connectivity index (χ2v) is 4.30. The normalized spacial score (nSPS) is 10.6. The van der Waals surface area contributed by atoms with E-state index in [0.29, 0.717) is 16.7 Å². The van der Waals surface area contributed by atoms with Gasteiger partial charge in [-0.2, -0.15) is 0 Å². The standard InChI is InChI=1S/C15H11N3O2/c16-15(20)14-12(9-5-2-1-3-6-9)18-13-10(17-14)7-4-8-11(13)19/h1-8,19H,(H2,16,20). The molecule has 0 unspecified atom stereocenters. The SMILES string of the molecule is NC(=O)c1nc2cccc(O)c2nc1-c1ccccc1. The molecule has 0 atom stereocenters. The zero-order chi connectivity index (χ0) is 14.1. The van der Waals surface area contributed by atoms with Crippen molar-refractivity contribution < 1.29 is 9.90 Å². The largest absolute Gasteiger partial charge is 0.506 e. The number of carbonyl (C=O) groups excluding carboxylic acids is 1. The van der Waals surface area contributed by atoms with E-state index in [2.05, 4.69) is 9.97 Å². The Morgan fingerprint density at radius 2 is 1.75 bits per heavy atom. The van der Waals surface area contributed by atoms with Crippen LogP contribution in [0.25, 0.3) is 22.3 Å². The number of benzene rings is 2. The van der Waals surface area contributed by atoms with Crippen molar-refractivity contribution in [2.45, 2.75) is 0 Å². The van der Waals surface area contributed by atoms with Gasteiger partial charge < -0.3 is 10.8 Å². The number of nitrogens with two attached hydrogens (primary N) is 1. The van der Waals surface area contributed by atoms with Crippen LogP contribution in [0.5, 0.6) is 5.75 Å². The third kappa shape index (κ3) is 1.95. The molecule has 1 aromatic heterocycles. The summed E-state index contributed by atoms with van der Waals surface area (Å²) in [5.41, 5.74) is 7.33. The number of aromatic hydroxyl groups is 1. The minimum absolute atomic E-state index is 0.0169. The van der Waals surface area contributed by atoms with Gasteiger partial charge in [-0.3, -0.25) is 4.79 Å². The highest BCUT2D eigenvalue weighted by Crippen LogP contribution is 2.27. The van der Waals surface area contributed by atoms with Gasteiger partial charge in [0.25, 0.3) is 5.91 Å². The molecule has 0 spiro atoms. The second-order valence-electron chi connectivity index (χ2n) is 4.30. The number of phenols is 1. The predicted octanol–water partition coefficient (Wildman–Crippen LogP) is 2.10. The van der Waals surface area contributed by atoms with Crippen LogP contribution in [-0.2, 0) is 0 Å². The fourth-order valence-electron chi connectivity index (χ4n) is 2.03. The molecule has 98 valence electrons. The number of fused-ring (bicyclic) bond motifs is 1. The number of para-hydroxylation sites is 1. The molecule has 0 aliphatic rings. The summed E-state index contributed by atoms with van der Waals surface area (Å²) in [4.78, 5) is 20.1. The van der Waals surface area contributed by atoms with Crippen LogP contribution in [0.2, 0.25) is 0 Å². The summed E-state index contributed by atoms with van der Waals surface area (Å²) < 4.78 is 0. The molecular weight excluding hydrogens is 254 g/mol. The van der Waals surface area contributed by atoms with Crippen LogP contribution in [0.3, 0.4) is 0 Å². The van der Waals surface area contributed by atoms with Crippen molar-refractivity contribution in [3.63, 3.8) is 0 Å². The lowest BCUT2D eigenvalue weighted by atomic mass is 10.1. The number of primary amides is 1. The molecule has 0 bridgehead atoms. The van der Waals surface area contributed by atoms with Crippen LogP contribution in [0, 0.1) is 0 Å². The highest BCUT2D eigenvalue weighted by molar-refractivity contribution is 5.99. The molecule has 3 rings (SSSR count). The van der Waals surface area contributed by atoms with Gasteiger partial charge in [-0.05, 0) is 12.1 Å². The summed E-state index contributed by atoms with van der Waals surface area (Å²) in [7, 11) is 0. The van der Waals surface area contributed by atoms with Gasteiger partial charge in [-0.25, -0.2) is 9.97 Å². The molecule has 0 aliphatic heterocycles. The van der Waals surface area contributed by atoms with Crippen molar-refractivity contribution in [2.24, 2.45) is 5.73 Å². The Bertz CT molecular complexity index is 801. The summed E-state index contributed by atoms with van der Waals surface area (Å²) in [5.74, 6) is -0.634. The molecule has 3 aromatic rings. The van der Waals surface area contributed by atoms with E-state index in [0.717, 1.165) is 5.56 Å². The molecule has 0 saturated carbocycles. The van der Waals surface area contributed by atoms with E-state index in [9.17, 15) is 9.90 Å². The molecule has 2 aromatic carbocycles. The Balaban J connectivity index is 2.37. The maximum atomic E-state index is 11.6. The molecule has 1 heterocycles. The number of hydrogen-bond donors (Lipinski definition) is 2. The molecule has 1 amide bonds. The van der Waals surface area contributed by atoms with Crippen LogP contribution in [0.4, 0.5) is 0 Å². The molecule has 0 radical (unpaired) electrons. The Kier molecular flexibility index (Phi) is 2.80. The van der Waals surface area contributed by atoms with Gasteiger partial charge in [0.1, 0.15) is 17.0 Å². The quantitative estimate of drug-likeness (QED) is 0.742. The number of aromatic nitrogens is 2. The Labute approximate surface area is 114 Å². The molecule has 5 nitrogen and oxygen atoms in total. The first-order valence-electron chi connectivity index (χ1n) is 6.02. The Hall–Kier alpha value is -2.95. The van der Waals surface area contributed by atoms with Gasteiger partial charge in [0.2, 0.25) is 0 Å². The number of carbonyl (C=O) groups is 1. The van der Waals surface area contributed by atoms with Gasteiger partial charge >= 0.3 is 0 Å². The fraction of sp³-hybridized carbons (Fsp3) is 0. The first kappa shape index (κ1) is 12.1. The summed E-state index contributed by atoms with van der Waals surface area (Å²) in [5, 5.41) is 9.85. The minimum Gasteiger partial charge on any atom is -0.506 e. The highest BCUT2D eigenvalue weighted by atomic mass is 16.3. The van der Waals surface area contributed by atoms with Crippen LogP contribution in [-0.4, -0.2) is 21.0 Å². The number of hydrogen-bond acceptors (Lipinski definition) is 4. The Morgan fingerprint density at radius 1 is 1.00 bits per heavy atom. The number of amides is 1. The van der Waals surface area contributed by atoms with Crippen molar-refractivity contribution in [3.05, 3.63) is 54.2 Å². The first-order valence-corrected chi connectivity index (χ1v) is 6.02. The van der Waals surface area contributed by atoms with Crippen molar-refractivity contribution in [3.8, 4) is 17.0 Å². The maximum absolute atomic E-state index is 11.6. The third-order valence-electron chi connectivity index (χ3n) is 2.95. The van der Waals surface area contributed by atoms with Crippen LogP contribution in [0.1, 0.15) is 10.5 Å². The molecule has 0 saturated heterocycles. The Morgan fingerprint density at radius 3 is 2.45 bits per heavy atom. The van der Waals surface area contributed by atoms with Crippen molar-refractivity contribution in [1.82, 2.24) is 9.97 Å². The summed E-state index contributed by atoms with van der Waals surface area (Å²) >= 11 is 0. The molecule has 0 fully saturated rings. The second kappa shape index (κ2) is 4.62. The maximum Gasteiger partial charge on any atom is 0.269 e. The van der Waals surface area contributed by atoms with Gasteiger partial charge in [0.05, 0.1) is 5.52 Å². The van der Waals surface area contributed by atoms with Gasteiger partial charge in [0, 0.05) is 5.56 Å². The lowest BCUT2D eigenvalue weighted by molar-refractivity contribution is 0.0996. The lowest BCUT2D eigenvalue weighted by Gasteiger charge is -2.08. The molecular formula is C15H11N3O2. The van der Waals surface area contributed by atoms with E-state index in [1.54, 1.807) is 12.1 Å². The lowest BCUT2D eigenvalue weighted by Crippen LogP contribution is -2.15. The van der Waals surface area contributed by atoms with Crippen molar-refractivity contribution in [1.29, 1.82) is 0 Å². The number of nitrogens with zero attached hydrogens (tertiary/aromatic N) is 2. The monoisotopic (exact) mass is 265 g/mol. The third-order valence-corrected chi connectivity index (χ3v) is 2.95. The number of rotatable bonds is 2. The first-order chi connectivity index (χ1) is 9.66. The smallest absolute Gasteiger partial charge is 0.269 e. The van der Waals surface area contributed by atoms with Crippen molar-refractivity contribution in [2.75, 3.05) is 0 Å². The molecule has 20 heavy (non-hydrogen) atoms. The van der Waals surface area contributed by atoms with E-state index in [-0.39, 0.29) is 11.4 Å². The van der Waals surface area contributed by atoms with Gasteiger partial charge in [-0.1, -0.05) is 36.4 Å². The molecule has 0 aliphatic carbocycles. The van der Waals surface area contributed by atoms with Gasteiger partial charge in [0.15, 0.2) is 5.69 Å². The van der Waals surface area contributed by atoms with E-state index in [1.807, 2.05) is 30.3 Å². The summed E-state index contributed by atoms with van der Waals surface area (Å²) in [6.45, 7) is 0. The van der Waals surface area contributed by atoms with Crippen LogP contribution in [0.15, 0.2) is 48.5 Å². The zero-order valence-corrected chi connectivity index (χ0v) is 10.4. The van der Waals surface area contributed by atoms with E-state index in [4.69, 9.17) is 5.73 Å². The average molecular weight is 265 g/mol. The minimum atomic E-state index is -0.651. The van der Waals surface area contributed by atoms with Crippen molar-refractivity contribution >= 4 is 16.9 Å². The van der Waals surface area contributed by atoms with E-state index < -0.39 is 5.91 Å². The topological polar surface area (TPSA) is 89.1 Å². The van der Waals surface area contributed by atoms with E-state index in [1.165, 1.54) is 6.07 Å². The fourth-order valence-corrected chi connectivity index (χ4v) is 2.03. The molecule has 3 N–H and O–H groups in total. The summed E-state index contributed by atoms with van der Waals surface area (Å²) in [6, 6.07) is 14.0. The average Bonchev–Trinajstić information content (AvgIpc) is 2.47. The van der Waals surface area contributed by atoms with Crippen LogP contribution < -0.4 is 5.73 Å². The zero-order valence-electron chi connectivity index (χ0n) is 10.4. The van der Waals surface area contributed by atoms with E-state index >= 15 is 0 Å². The van der Waals surface area contributed by atoms with Crippen LogP contribution >= 0.6 is 0 Å². The molecule has 5 heteroatoms. The number of phenolic OH excluding ortho intramolecular Hbond substituents is 1.